The van der Waals surface area contributed by atoms with Crippen LogP contribution in [0.3, 0.4) is 0 Å². The molecule has 21 heavy (non-hydrogen) atoms. The molecular weight excluding hydrogens is 306 g/mol. The monoisotopic (exact) mass is 331 g/mol. The lowest BCUT2D eigenvalue weighted by Crippen LogP contribution is -2.47. The fourth-order valence-electron chi connectivity index (χ4n) is 2.67. The van der Waals surface area contributed by atoms with Crippen LogP contribution in [-0.4, -0.2) is 46.0 Å². The highest BCUT2D eigenvalue weighted by Gasteiger charge is 2.26. The van der Waals surface area contributed by atoms with Gasteiger partial charge >= 0.3 is 0 Å². The van der Waals surface area contributed by atoms with Crippen molar-refractivity contribution in [2.45, 2.75) is 43.5 Å². The number of likely N-dealkylation sites (N-methyl/N-ethyl adjacent to an activating group) is 1. The molecule has 0 amide bonds. The first-order valence-corrected chi connectivity index (χ1v) is 9.74. The van der Waals surface area contributed by atoms with Gasteiger partial charge in [-0.05, 0) is 51.5 Å². The molecule has 0 radical (unpaired) electrons. The second-order valence-electron chi connectivity index (χ2n) is 5.56. The van der Waals surface area contributed by atoms with E-state index < -0.39 is 10.0 Å². The zero-order valence-corrected chi connectivity index (χ0v) is 14.6. The Labute approximate surface area is 131 Å². The molecule has 2 heterocycles. The number of nitrogens with zero attached hydrogens (tertiary/aromatic N) is 1. The Bertz CT molecular complexity index is 569. The van der Waals surface area contributed by atoms with E-state index in [1.165, 1.54) is 11.3 Å². The Morgan fingerprint density at radius 1 is 1.48 bits per heavy atom. The van der Waals surface area contributed by atoms with Gasteiger partial charge in [0.05, 0.1) is 0 Å². The average Bonchev–Trinajstić information content (AvgIpc) is 2.81. The highest BCUT2D eigenvalue weighted by molar-refractivity contribution is 7.91. The second-order valence-corrected chi connectivity index (χ2v) is 8.63. The Hall–Kier alpha value is -0.470. The van der Waals surface area contributed by atoms with E-state index in [4.69, 9.17) is 0 Å². The predicted molar refractivity (Wildman–Crippen MR) is 87.3 cm³/mol. The van der Waals surface area contributed by atoms with E-state index in [2.05, 4.69) is 21.9 Å². The van der Waals surface area contributed by atoms with Crippen molar-refractivity contribution in [1.82, 2.24) is 14.9 Å². The first-order chi connectivity index (χ1) is 9.96. The summed E-state index contributed by atoms with van der Waals surface area (Å²) in [5.74, 6) is 0. The number of rotatable bonds is 6. The molecule has 1 saturated heterocycles. The molecule has 1 unspecified atom stereocenters. The second kappa shape index (κ2) is 7.19. The van der Waals surface area contributed by atoms with Gasteiger partial charge in [-0.3, -0.25) is 0 Å². The molecule has 7 heteroatoms. The standard InChI is InChI=1S/C14H25N3O2S2/c1-4-17-7-5-6-12(10-17)16-21(18,19)14-8-11(2)13(20-14)9-15-3/h8,12,15-16H,4-7,9-10H2,1-3H3. The van der Waals surface area contributed by atoms with E-state index in [0.29, 0.717) is 10.8 Å². The van der Waals surface area contributed by atoms with Crippen LogP contribution in [0.15, 0.2) is 10.3 Å². The van der Waals surface area contributed by atoms with Crippen LogP contribution >= 0.6 is 11.3 Å². The zero-order valence-electron chi connectivity index (χ0n) is 13.0. The smallest absolute Gasteiger partial charge is 0.250 e. The summed E-state index contributed by atoms with van der Waals surface area (Å²) in [5, 5.41) is 3.07. The Kier molecular flexibility index (Phi) is 5.79. The van der Waals surface area contributed by atoms with Gasteiger partial charge in [-0.1, -0.05) is 6.92 Å². The number of aryl methyl sites for hydroxylation is 1. The van der Waals surface area contributed by atoms with E-state index >= 15 is 0 Å². The molecular formula is C14H25N3O2S2. The Morgan fingerprint density at radius 2 is 2.24 bits per heavy atom. The van der Waals surface area contributed by atoms with E-state index in [-0.39, 0.29) is 6.04 Å². The number of hydrogen-bond acceptors (Lipinski definition) is 5. The molecule has 0 bridgehead atoms. The molecule has 2 N–H and O–H groups in total. The van der Waals surface area contributed by atoms with Crippen molar-refractivity contribution in [3.8, 4) is 0 Å². The van der Waals surface area contributed by atoms with Crippen LogP contribution in [0, 0.1) is 6.92 Å². The van der Waals surface area contributed by atoms with Crippen LogP contribution in [0.25, 0.3) is 0 Å². The molecule has 1 atom stereocenters. The van der Waals surface area contributed by atoms with Crippen molar-refractivity contribution in [2.75, 3.05) is 26.7 Å². The van der Waals surface area contributed by atoms with Gasteiger partial charge in [0.15, 0.2) is 0 Å². The van der Waals surface area contributed by atoms with Gasteiger partial charge in [0.2, 0.25) is 10.0 Å². The number of nitrogens with one attached hydrogen (secondary N) is 2. The maximum absolute atomic E-state index is 12.5. The summed E-state index contributed by atoms with van der Waals surface area (Å²) >= 11 is 1.36. The van der Waals surface area contributed by atoms with Gasteiger partial charge in [-0.15, -0.1) is 11.3 Å². The normalized spacial score (nSPS) is 20.8. The minimum atomic E-state index is -3.40. The first kappa shape index (κ1) is 16.9. The molecule has 1 fully saturated rings. The minimum absolute atomic E-state index is 0.0267. The Morgan fingerprint density at radius 3 is 2.90 bits per heavy atom. The average molecular weight is 332 g/mol. The van der Waals surface area contributed by atoms with Gasteiger partial charge in [-0.25, -0.2) is 13.1 Å². The van der Waals surface area contributed by atoms with Gasteiger partial charge in [0.25, 0.3) is 0 Å². The molecule has 0 aliphatic carbocycles. The summed E-state index contributed by atoms with van der Waals surface area (Å²) in [6, 6.07) is 1.80. The van der Waals surface area contributed by atoms with Crippen LogP contribution in [0.4, 0.5) is 0 Å². The number of likely N-dealkylation sites (tertiary alicyclic amines) is 1. The third kappa shape index (κ3) is 4.26. The molecule has 0 spiro atoms. The van der Waals surface area contributed by atoms with E-state index in [1.54, 1.807) is 6.07 Å². The largest absolute Gasteiger partial charge is 0.315 e. The van der Waals surface area contributed by atoms with E-state index in [0.717, 1.165) is 42.9 Å². The Balaban J connectivity index is 2.09. The number of hydrogen-bond donors (Lipinski definition) is 2. The number of sulfonamides is 1. The molecule has 1 aromatic heterocycles. The highest BCUT2D eigenvalue weighted by Crippen LogP contribution is 2.26. The molecule has 5 nitrogen and oxygen atoms in total. The molecule has 0 saturated carbocycles. The van der Waals surface area contributed by atoms with Crippen molar-refractivity contribution >= 4 is 21.4 Å². The summed E-state index contributed by atoms with van der Waals surface area (Å²) in [6.45, 7) is 7.63. The quantitative estimate of drug-likeness (QED) is 0.830. The first-order valence-electron chi connectivity index (χ1n) is 7.45. The summed E-state index contributed by atoms with van der Waals surface area (Å²) in [5.41, 5.74) is 1.04. The SMILES string of the molecule is CCN1CCCC(NS(=O)(=O)c2cc(C)c(CNC)s2)C1. The fourth-order valence-corrected chi connectivity index (χ4v) is 5.55. The topological polar surface area (TPSA) is 61.4 Å². The molecule has 1 aliphatic rings. The highest BCUT2D eigenvalue weighted by atomic mass is 32.2. The van der Waals surface area contributed by atoms with E-state index in [1.807, 2.05) is 14.0 Å². The molecule has 1 aromatic rings. The predicted octanol–water partition coefficient (Wildman–Crippen LogP) is 1.54. The summed E-state index contributed by atoms with van der Waals surface area (Å²) in [6.07, 6.45) is 1.97. The molecule has 1 aliphatic heterocycles. The van der Waals surface area contributed by atoms with Crippen molar-refractivity contribution in [1.29, 1.82) is 0 Å². The van der Waals surface area contributed by atoms with Crippen LogP contribution in [0.2, 0.25) is 0 Å². The van der Waals surface area contributed by atoms with Gasteiger partial charge in [0.1, 0.15) is 4.21 Å². The summed E-state index contributed by atoms with van der Waals surface area (Å²) < 4.78 is 28.4. The third-order valence-corrected chi connectivity index (χ3v) is 7.11. The van der Waals surface area contributed by atoms with Crippen LogP contribution < -0.4 is 10.0 Å². The van der Waals surface area contributed by atoms with Crippen molar-refractivity contribution < 1.29 is 8.42 Å². The van der Waals surface area contributed by atoms with Crippen LogP contribution in [0.1, 0.15) is 30.2 Å². The van der Waals surface area contributed by atoms with Crippen molar-refractivity contribution in [3.63, 3.8) is 0 Å². The van der Waals surface area contributed by atoms with Gasteiger partial charge in [-0.2, -0.15) is 0 Å². The van der Waals surface area contributed by atoms with Gasteiger partial charge in [0, 0.05) is 24.0 Å². The van der Waals surface area contributed by atoms with Gasteiger partial charge < -0.3 is 10.2 Å². The lowest BCUT2D eigenvalue weighted by atomic mass is 10.1. The third-order valence-electron chi connectivity index (χ3n) is 3.87. The summed E-state index contributed by atoms with van der Waals surface area (Å²) in [4.78, 5) is 3.37. The lowest BCUT2D eigenvalue weighted by Gasteiger charge is -2.31. The van der Waals surface area contributed by atoms with Crippen molar-refractivity contribution in [3.05, 3.63) is 16.5 Å². The maximum atomic E-state index is 12.5. The molecule has 2 rings (SSSR count). The number of piperidine rings is 1. The number of thiophene rings is 1. The van der Waals surface area contributed by atoms with Crippen LogP contribution in [0.5, 0.6) is 0 Å². The lowest BCUT2D eigenvalue weighted by molar-refractivity contribution is 0.211. The van der Waals surface area contributed by atoms with Crippen LogP contribution in [-0.2, 0) is 16.6 Å². The fraction of sp³-hybridized carbons (Fsp3) is 0.714. The molecule has 0 aromatic carbocycles. The maximum Gasteiger partial charge on any atom is 0.250 e. The minimum Gasteiger partial charge on any atom is -0.315 e. The molecule has 120 valence electrons. The zero-order chi connectivity index (χ0) is 15.5. The van der Waals surface area contributed by atoms with Crippen molar-refractivity contribution in [2.24, 2.45) is 0 Å². The van der Waals surface area contributed by atoms with E-state index in [9.17, 15) is 8.42 Å². The summed E-state index contributed by atoms with van der Waals surface area (Å²) in [7, 11) is -1.53.